The second-order valence-electron chi connectivity index (χ2n) is 4.89. The maximum absolute atomic E-state index is 10.4. The molecule has 1 aromatic carbocycles. The lowest BCUT2D eigenvalue weighted by Gasteiger charge is -2.16. The number of benzene rings is 1. The highest BCUT2D eigenvalue weighted by Crippen LogP contribution is 2.08. The van der Waals surface area contributed by atoms with Crippen molar-refractivity contribution in [2.24, 2.45) is 0 Å². The molecule has 1 aromatic rings. The van der Waals surface area contributed by atoms with Crippen molar-refractivity contribution >= 4 is 12.0 Å². The van der Waals surface area contributed by atoms with Gasteiger partial charge in [0.05, 0.1) is 0 Å². The molecule has 0 aliphatic rings. The second kappa shape index (κ2) is 8.48. The Morgan fingerprint density at radius 1 is 1.26 bits per heavy atom. The van der Waals surface area contributed by atoms with Gasteiger partial charge < -0.3 is 10.0 Å². The predicted octanol–water partition coefficient (Wildman–Crippen LogP) is 3.41. The Balaban J connectivity index is 2.20. The van der Waals surface area contributed by atoms with E-state index >= 15 is 0 Å². The highest BCUT2D eigenvalue weighted by molar-refractivity contribution is 5.66. The van der Waals surface area contributed by atoms with Gasteiger partial charge in [0, 0.05) is 13.0 Å². The zero-order valence-electron chi connectivity index (χ0n) is 11.6. The smallest absolute Gasteiger partial charge is 0.303 e. The molecule has 0 radical (unpaired) electrons. The van der Waals surface area contributed by atoms with Crippen LogP contribution in [0.5, 0.6) is 0 Å². The van der Waals surface area contributed by atoms with Gasteiger partial charge in [-0.05, 0) is 37.6 Å². The molecule has 0 atom stereocenters. The lowest BCUT2D eigenvalue weighted by molar-refractivity contribution is -0.137. The largest absolute Gasteiger partial charge is 0.481 e. The minimum Gasteiger partial charge on any atom is -0.481 e. The zero-order chi connectivity index (χ0) is 14.1. The Morgan fingerprint density at radius 2 is 1.95 bits per heavy atom. The molecule has 0 fully saturated rings. The van der Waals surface area contributed by atoms with E-state index in [4.69, 9.17) is 5.11 Å². The fourth-order valence-electron chi connectivity index (χ4n) is 1.98. The van der Waals surface area contributed by atoms with E-state index in [-0.39, 0.29) is 6.42 Å². The molecule has 0 bridgehead atoms. The van der Waals surface area contributed by atoms with Crippen LogP contribution in [0.15, 0.2) is 30.8 Å². The number of nitrogens with zero attached hydrogens (tertiary/aromatic N) is 1. The average molecular weight is 261 g/mol. The molecule has 3 heteroatoms. The van der Waals surface area contributed by atoms with Crippen molar-refractivity contribution in [3.05, 3.63) is 42.0 Å². The molecule has 0 saturated carbocycles. The number of aliphatic carboxylic acids is 1. The number of hydrogen-bond donors (Lipinski definition) is 1. The summed E-state index contributed by atoms with van der Waals surface area (Å²) in [6.45, 7) is 5.67. The van der Waals surface area contributed by atoms with E-state index in [0.717, 1.165) is 37.9 Å². The molecular weight excluding hydrogens is 238 g/mol. The summed E-state index contributed by atoms with van der Waals surface area (Å²) in [5.41, 5.74) is 2.43. The molecule has 104 valence electrons. The highest BCUT2D eigenvalue weighted by Gasteiger charge is 2.01. The number of hydrogen-bond acceptors (Lipinski definition) is 2. The SMILES string of the molecule is C=Cc1ccc(CN(C)CCCCCC(=O)O)cc1. The van der Waals surface area contributed by atoms with Crippen LogP contribution in [0.2, 0.25) is 0 Å². The van der Waals surface area contributed by atoms with Crippen molar-refractivity contribution in [3.8, 4) is 0 Å². The zero-order valence-corrected chi connectivity index (χ0v) is 11.6. The minimum absolute atomic E-state index is 0.284. The fourth-order valence-corrected chi connectivity index (χ4v) is 1.98. The first-order valence-corrected chi connectivity index (χ1v) is 6.73. The summed E-state index contributed by atoms with van der Waals surface area (Å²) in [4.78, 5) is 12.6. The fraction of sp³-hybridized carbons (Fsp3) is 0.438. The molecule has 19 heavy (non-hydrogen) atoms. The summed E-state index contributed by atoms with van der Waals surface area (Å²) in [7, 11) is 2.10. The van der Waals surface area contributed by atoms with E-state index < -0.39 is 5.97 Å². The first-order valence-electron chi connectivity index (χ1n) is 6.73. The Labute approximate surface area is 115 Å². The molecule has 0 aliphatic heterocycles. The van der Waals surface area contributed by atoms with E-state index in [0.29, 0.717) is 0 Å². The van der Waals surface area contributed by atoms with Gasteiger partial charge in [-0.1, -0.05) is 43.3 Å². The first-order chi connectivity index (χ1) is 9.11. The Hall–Kier alpha value is -1.61. The first kappa shape index (κ1) is 15.4. The Bertz CT molecular complexity index is 398. The molecule has 0 aliphatic carbocycles. The van der Waals surface area contributed by atoms with Gasteiger partial charge >= 0.3 is 5.97 Å². The second-order valence-corrected chi connectivity index (χ2v) is 4.89. The van der Waals surface area contributed by atoms with Crippen LogP contribution in [0, 0.1) is 0 Å². The van der Waals surface area contributed by atoms with Gasteiger partial charge in [-0.2, -0.15) is 0 Å². The number of unbranched alkanes of at least 4 members (excludes halogenated alkanes) is 2. The third-order valence-electron chi connectivity index (χ3n) is 3.10. The summed E-state index contributed by atoms with van der Waals surface area (Å²) >= 11 is 0. The quantitative estimate of drug-likeness (QED) is 0.693. The third kappa shape index (κ3) is 6.77. The van der Waals surface area contributed by atoms with Crippen LogP contribution >= 0.6 is 0 Å². The molecule has 1 rings (SSSR count). The molecule has 0 saturated heterocycles. The van der Waals surface area contributed by atoms with E-state index in [2.05, 4.69) is 42.8 Å². The number of carboxylic acids is 1. The number of carbonyl (C=O) groups is 1. The predicted molar refractivity (Wildman–Crippen MR) is 79.0 cm³/mol. The summed E-state index contributed by atoms with van der Waals surface area (Å²) in [5.74, 6) is -0.698. The third-order valence-corrected chi connectivity index (χ3v) is 3.10. The average Bonchev–Trinajstić information content (AvgIpc) is 2.39. The lowest BCUT2D eigenvalue weighted by Crippen LogP contribution is -2.19. The van der Waals surface area contributed by atoms with Crippen LogP contribution in [-0.4, -0.2) is 29.6 Å². The van der Waals surface area contributed by atoms with Gasteiger partial charge in [0.25, 0.3) is 0 Å². The van der Waals surface area contributed by atoms with Crippen molar-refractivity contribution in [1.29, 1.82) is 0 Å². The minimum atomic E-state index is -0.698. The highest BCUT2D eigenvalue weighted by atomic mass is 16.4. The van der Waals surface area contributed by atoms with Crippen molar-refractivity contribution in [3.63, 3.8) is 0 Å². The molecule has 0 unspecified atom stereocenters. The summed E-state index contributed by atoms with van der Waals surface area (Å²) in [6.07, 6.45) is 4.93. The van der Waals surface area contributed by atoms with Gasteiger partial charge in [0.2, 0.25) is 0 Å². The monoisotopic (exact) mass is 261 g/mol. The van der Waals surface area contributed by atoms with Crippen molar-refractivity contribution < 1.29 is 9.90 Å². The van der Waals surface area contributed by atoms with Crippen molar-refractivity contribution in [2.45, 2.75) is 32.2 Å². The van der Waals surface area contributed by atoms with E-state index in [1.807, 2.05) is 6.08 Å². The van der Waals surface area contributed by atoms with Crippen LogP contribution in [0.25, 0.3) is 6.08 Å². The maximum atomic E-state index is 10.4. The van der Waals surface area contributed by atoms with Crippen LogP contribution in [0.3, 0.4) is 0 Å². The number of rotatable bonds is 9. The van der Waals surface area contributed by atoms with Gasteiger partial charge in [-0.25, -0.2) is 0 Å². The number of carboxylic acid groups (broad SMARTS) is 1. The molecule has 3 nitrogen and oxygen atoms in total. The molecule has 1 N–H and O–H groups in total. The molecule has 0 heterocycles. The van der Waals surface area contributed by atoms with E-state index in [1.165, 1.54) is 5.56 Å². The van der Waals surface area contributed by atoms with Crippen molar-refractivity contribution in [1.82, 2.24) is 4.90 Å². The van der Waals surface area contributed by atoms with E-state index in [1.54, 1.807) is 0 Å². The standard InChI is InChI=1S/C16H23NO2/c1-3-14-8-10-15(11-9-14)13-17(2)12-6-4-5-7-16(18)19/h3,8-11H,1,4-7,12-13H2,2H3,(H,18,19). The van der Waals surface area contributed by atoms with Crippen molar-refractivity contribution in [2.75, 3.05) is 13.6 Å². The summed E-state index contributed by atoms with van der Waals surface area (Å²) < 4.78 is 0. The summed E-state index contributed by atoms with van der Waals surface area (Å²) in [6, 6.07) is 8.39. The topological polar surface area (TPSA) is 40.5 Å². The van der Waals surface area contributed by atoms with Crippen LogP contribution in [0.4, 0.5) is 0 Å². The molecule has 0 spiro atoms. The van der Waals surface area contributed by atoms with Gasteiger partial charge in [-0.15, -0.1) is 0 Å². The molecule has 0 amide bonds. The van der Waals surface area contributed by atoms with Gasteiger partial charge in [0.1, 0.15) is 0 Å². The van der Waals surface area contributed by atoms with Gasteiger partial charge in [-0.3, -0.25) is 4.79 Å². The maximum Gasteiger partial charge on any atom is 0.303 e. The van der Waals surface area contributed by atoms with Crippen LogP contribution in [-0.2, 0) is 11.3 Å². The van der Waals surface area contributed by atoms with Crippen LogP contribution in [0.1, 0.15) is 36.8 Å². The van der Waals surface area contributed by atoms with E-state index in [9.17, 15) is 4.79 Å². The molecular formula is C16H23NO2. The summed E-state index contributed by atoms with van der Waals surface area (Å²) in [5, 5.41) is 8.54. The van der Waals surface area contributed by atoms with Gasteiger partial charge in [0.15, 0.2) is 0 Å². The Kier molecular flexibility index (Phi) is 6.90. The Morgan fingerprint density at radius 3 is 2.53 bits per heavy atom. The van der Waals surface area contributed by atoms with Crippen LogP contribution < -0.4 is 0 Å². The normalized spacial score (nSPS) is 10.6. The lowest BCUT2D eigenvalue weighted by atomic mass is 10.1. The molecule has 0 aromatic heterocycles.